The van der Waals surface area contributed by atoms with Crippen LogP contribution in [0, 0.1) is 5.92 Å². The van der Waals surface area contributed by atoms with E-state index < -0.39 is 0 Å². The number of guanidine groups is 1. The van der Waals surface area contributed by atoms with Crippen LogP contribution < -0.4 is 10.6 Å². The minimum atomic E-state index is 0.866. The maximum Gasteiger partial charge on any atom is 0.191 e. The fraction of sp³-hybridized carbons (Fsp3) is 0.611. The molecule has 0 radical (unpaired) electrons. The van der Waals surface area contributed by atoms with Crippen LogP contribution >= 0.6 is 11.8 Å². The molecule has 128 valence electrons. The topological polar surface area (TPSA) is 39.7 Å². The number of thioether (sulfide) groups is 1. The molecular formula is C18H30N4S. The highest BCUT2D eigenvalue weighted by Crippen LogP contribution is 2.18. The Morgan fingerprint density at radius 3 is 2.57 bits per heavy atom. The molecule has 2 rings (SSSR count). The van der Waals surface area contributed by atoms with Crippen LogP contribution in [0.2, 0.25) is 0 Å². The van der Waals surface area contributed by atoms with E-state index >= 15 is 0 Å². The summed E-state index contributed by atoms with van der Waals surface area (Å²) < 4.78 is 0. The molecule has 1 saturated heterocycles. The zero-order valence-corrected chi connectivity index (χ0v) is 15.2. The van der Waals surface area contributed by atoms with E-state index in [0.29, 0.717) is 0 Å². The monoisotopic (exact) mass is 334 g/mol. The summed E-state index contributed by atoms with van der Waals surface area (Å²) in [7, 11) is 4.06. The summed E-state index contributed by atoms with van der Waals surface area (Å²) in [5.41, 5.74) is 0. The van der Waals surface area contributed by atoms with Crippen LogP contribution in [0.3, 0.4) is 0 Å². The number of nitrogens with zero attached hydrogens (tertiary/aromatic N) is 2. The zero-order chi connectivity index (χ0) is 16.3. The Kier molecular flexibility index (Phi) is 8.32. The van der Waals surface area contributed by atoms with Gasteiger partial charge < -0.3 is 15.5 Å². The summed E-state index contributed by atoms with van der Waals surface area (Å²) in [4.78, 5) is 8.05. The lowest BCUT2D eigenvalue weighted by atomic mass is 9.94. The lowest BCUT2D eigenvalue weighted by Crippen LogP contribution is -2.40. The predicted octanol–water partition coefficient (Wildman–Crippen LogP) is 2.68. The number of likely N-dealkylation sites (tertiary alicyclic amines) is 1. The summed E-state index contributed by atoms with van der Waals surface area (Å²) in [6.45, 7) is 4.43. The average Bonchev–Trinajstić information content (AvgIpc) is 2.59. The first-order valence-electron chi connectivity index (χ1n) is 8.59. The van der Waals surface area contributed by atoms with Crippen molar-refractivity contribution in [3.8, 4) is 0 Å². The van der Waals surface area contributed by atoms with Gasteiger partial charge in [0.1, 0.15) is 0 Å². The van der Waals surface area contributed by atoms with Crippen LogP contribution in [0.25, 0.3) is 0 Å². The Hall–Kier alpha value is -1.20. The Balaban J connectivity index is 1.55. The number of hydrogen-bond donors (Lipinski definition) is 2. The van der Waals surface area contributed by atoms with Crippen LogP contribution in [-0.2, 0) is 0 Å². The molecule has 0 unspecified atom stereocenters. The van der Waals surface area contributed by atoms with Gasteiger partial charge in [0.15, 0.2) is 5.96 Å². The van der Waals surface area contributed by atoms with Gasteiger partial charge >= 0.3 is 0 Å². The van der Waals surface area contributed by atoms with Crippen LogP contribution in [0.5, 0.6) is 0 Å². The van der Waals surface area contributed by atoms with Crippen molar-refractivity contribution >= 4 is 17.7 Å². The summed E-state index contributed by atoms with van der Waals surface area (Å²) >= 11 is 1.87. The third-order valence-corrected chi connectivity index (χ3v) is 5.33. The number of nitrogens with one attached hydrogen (secondary N) is 2. The highest BCUT2D eigenvalue weighted by Gasteiger charge is 2.16. The Morgan fingerprint density at radius 1 is 1.17 bits per heavy atom. The molecule has 1 heterocycles. The maximum atomic E-state index is 4.30. The number of piperidine rings is 1. The lowest BCUT2D eigenvalue weighted by Gasteiger charge is -2.29. The number of rotatable bonds is 7. The van der Waals surface area contributed by atoms with Gasteiger partial charge in [-0.15, -0.1) is 11.8 Å². The Bertz CT molecular complexity index is 455. The molecular weight excluding hydrogens is 304 g/mol. The summed E-state index contributed by atoms with van der Waals surface area (Å²) in [6.07, 6.45) is 3.91. The van der Waals surface area contributed by atoms with Gasteiger partial charge in [-0.2, -0.15) is 0 Å². The first kappa shape index (κ1) is 18.1. The van der Waals surface area contributed by atoms with Gasteiger partial charge in [-0.1, -0.05) is 18.2 Å². The third kappa shape index (κ3) is 7.27. The minimum Gasteiger partial charge on any atom is -0.356 e. The van der Waals surface area contributed by atoms with Gasteiger partial charge in [-0.05, 0) is 57.5 Å². The van der Waals surface area contributed by atoms with Crippen molar-refractivity contribution in [3.63, 3.8) is 0 Å². The fourth-order valence-electron chi connectivity index (χ4n) is 2.82. The molecule has 0 aromatic heterocycles. The summed E-state index contributed by atoms with van der Waals surface area (Å²) in [5.74, 6) is 2.83. The highest BCUT2D eigenvalue weighted by molar-refractivity contribution is 7.99. The smallest absolute Gasteiger partial charge is 0.191 e. The number of benzene rings is 1. The van der Waals surface area contributed by atoms with Crippen LogP contribution in [0.1, 0.15) is 19.3 Å². The third-order valence-electron chi connectivity index (χ3n) is 4.31. The predicted molar refractivity (Wildman–Crippen MR) is 101 cm³/mol. The van der Waals surface area contributed by atoms with E-state index in [9.17, 15) is 0 Å². The summed E-state index contributed by atoms with van der Waals surface area (Å²) in [5, 5.41) is 6.84. The molecule has 23 heavy (non-hydrogen) atoms. The molecule has 0 bridgehead atoms. The maximum absolute atomic E-state index is 4.30. The van der Waals surface area contributed by atoms with Crippen LogP contribution in [0.15, 0.2) is 40.2 Å². The van der Waals surface area contributed by atoms with E-state index in [1.807, 2.05) is 18.8 Å². The van der Waals surface area contributed by atoms with E-state index in [-0.39, 0.29) is 0 Å². The number of hydrogen-bond acceptors (Lipinski definition) is 3. The Labute approximate surface area is 145 Å². The van der Waals surface area contributed by atoms with Gasteiger partial charge in [0.25, 0.3) is 0 Å². The SMILES string of the molecule is CN=C(NCCSc1ccccc1)NCCC1CCN(C)CC1. The van der Waals surface area contributed by atoms with Gasteiger partial charge in [0.2, 0.25) is 0 Å². The average molecular weight is 335 g/mol. The van der Waals surface area contributed by atoms with Gasteiger partial charge in [0.05, 0.1) is 0 Å². The van der Waals surface area contributed by atoms with Gasteiger partial charge in [0, 0.05) is 30.8 Å². The van der Waals surface area contributed by atoms with Crippen molar-refractivity contribution in [1.29, 1.82) is 0 Å². The molecule has 2 N–H and O–H groups in total. The van der Waals surface area contributed by atoms with Gasteiger partial charge in [-0.25, -0.2) is 0 Å². The van der Waals surface area contributed by atoms with Crippen molar-refractivity contribution in [1.82, 2.24) is 15.5 Å². The van der Waals surface area contributed by atoms with Crippen molar-refractivity contribution < 1.29 is 0 Å². The molecule has 0 spiro atoms. The molecule has 0 saturated carbocycles. The lowest BCUT2D eigenvalue weighted by molar-refractivity contribution is 0.213. The molecule has 1 fully saturated rings. The van der Waals surface area contributed by atoms with Crippen molar-refractivity contribution in [2.45, 2.75) is 24.2 Å². The Morgan fingerprint density at radius 2 is 1.87 bits per heavy atom. The second kappa shape index (κ2) is 10.6. The second-order valence-corrected chi connectivity index (χ2v) is 7.29. The second-order valence-electron chi connectivity index (χ2n) is 6.12. The van der Waals surface area contributed by atoms with E-state index in [2.05, 4.69) is 57.9 Å². The minimum absolute atomic E-state index is 0.866. The zero-order valence-electron chi connectivity index (χ0n) is 14.4. The van der Waals surface area contributed by atoms with Crippen LogP contribution in [-0.4, -0.2) is 56.9 Å². The highest BCUT2D eigenvalue weighted by atomic mass is 32.2. The van der Waals surface area contributed by atoms with E-state index in [1.54, 1.807) is 0 Å². The van der Waals surface area contributed by atoms with Crippen molar-refractivity contribution in [3.05, 3.63) is 30.3 Å². The molecule has 1 aromatic rings. The van der Waals surface area contributed by atoms with Crippen molar-refractivity contribution in [2.24, 2.45) is 10.9 Å². The first-order chi connectivity index (χ1) is 11.3. The normalized spacial score (nSPS) is 17.2. The van der Waals surface area contributed by atoms with Crippen molar-refractivity contribution in [2.75, 3.05) is 46.0 Å². The molecule has 5 heteroatoms. The number of aliphatic imine (C=N–C) groups is 1. The molecule has 0 atom stereocenters. The van der Waals surface area contributed by atoms with E-state index in [1.165, 1.54) is 37.2 Å². The van der Waals surface area contributed by atoms with Crippen LogP contribution in [0.4, 0.5) is 0 Å². The quantitative estimate of drug-likeness (QED) is 0.348. The molecule has 0 aliphatic carbocycles. The molecule has 0 amide bonds. The van der Waals surface area contributed by atoms with E-state index in [4.69, 9.17) is 0 Å². The van der Waals surface area contributed by atoms with Gasteiger partial charge in [-0.3, -0.25) is 4.99 Å². The summed E-state index contributed by atoms with van der Waals surface area (Å²) in [6, 6.07) is 10.5. The fourth-order valence-corrected chi connectivity index (χ4v) is 3.61. The molecule has 4 nitrogen and oxygen atoms in total. The molecule has 1 aromatic carbocycles. The molecule has 1 aliphatic rings. The molecule has 1 aliphatic heterocycles. The largest absolute Gasteiger partial charge is 0.356 e. The standard InChI is InChI=1S/C18H30N4S/c1-19-18(20-11-8-16-9-13-22(2)14-10-16)21-12-15-23-17-6-4-3-5-7-17/h3-7,16H,8-15H2,1-2H3,(H2,19,20,21). The van der Waals surface area contributed by atoms with E-state index in [0.717, 1.165) is 30.7 Å². The first-order valence-corrected chi connectivity index (χ1v) is 9.57.